The van der Waals surface area contributed by atoms with Crippen molar-refractivity contribution in [2.45, 2.75) is 38.0 Å². The van der Waals surface area contributed by atoms with Gasteiger partial charge in [-0.15, -0.1) is 0 Å². The number of methoxy groups -OCH3 is 1. The standard InChI is InChI=1S/C16H21NO5/c1-21-13-7-12(8-13)14(9-15(18)19)17-16(20)22-10-11-5-3-2-4-6-11/h2-6,12-14H,7-10H2,1H3,(H,17,20)(H,18,19). The Bertz CT molecular complexity index is 499. The van der Waals surface area contributed by atoms with Gasteiger partial charge in [-0.2, -0.15) is 0 Å². The molecule has 1 unspecified atom stereocenters. The van der Waals surface area contributed by atoms with Crippen molar-refractivity contribution in [1.82, 2.24) is 5.32 Å². The van der Waals surface area contributed by atoms with Gasteiger partial charge in [0.2, 0.25) is 0 Å². The molecule has 2 N–H and O–H groups in total. The summed E-state index contributed by atoms with van der Waals surface area (Å²) in [7, 11) is 1.63. The first kappa shape index (κ1) is 16.3. The van der Waals surface area contributed by atoms with E-state index in [9.17, 15) is 9.59 Å². The number of amides is 1. The lowest BCUT2D eigenvalue weighted by Crippen LogP contribution is -2.48. The van der Waals surface area contributed by atoms with Crippen LogP contribution in [0.1, 0.15) is 24.8 Å². The number of ether oxygens (including phenoxy) is 2. The van der Waals surface area contributed by atoms with E-state index in [0.717, 1.165) is 18.4 Å². The molecule has 6 heteroatoms. The van der Waals surface area contributed by atoms with Crippen LogP contribution in [0.25, 0.3) is 0 Å². The second-order valence-corrected chi connectivity index (χ2v) is 5.50. The normalized spacial score (nSPS) is 21.5. The fourth-order valence-electron chi connectivity index (χ4n) is 2.57. The van der Waals surface area contributed by atoms with Crippen molar-refractivity contribution in [3.63, 3.8) is 0 Å². The van der Waals surface area contributed by atoms with E-state index in [1.165, 1.54) is 0 Å². The van der Waals surface area contributed by atoms with Crippen LogP contribution in [0, 0.1) is 5.92 Å². The van der Waals surface area contributed by atoms with E-state index in [1.54, 1.807) is 7.11 Å². The minimum absolute atomic E-state index is 0.110. The number of carbonyl (C=O) groups excluding carboxylic acids is 1. The van der Waals surface area contributed by atoms with Crippen molar-refractivity contribution in [2.75, 3.05) is 7.11 Å². The first-order valence-electron chi connectivity index (χ1n) is 7.30. The maximum Gasteiger partial charge on any atom is 0.407 e. The highest BCUT2D eigenvalue weighted by Gasteiger charge is 2.37. The first-order valence-corrected chi connectivity index (χ1v) is 7.30. The summed E-state index contributed by atoms with van der Waals surface area (Å²) in [6.45, 7) is 0.165. The van der Waals surface area contributed by atoms with E-state index in [4.69, 9.17) is 14.6 Å². The Morgan fingerprint density at radius 1 is 1.32 bits per heavy atom. The summed E-state index contributed by atoms with van der Waals surface area (Å²) < 4.78 is 10.3. The van der Waals surface area contributed by atoms with Crippen molar-refractivity contribution in [3.05, 3.63) is 35.9 Å². The maximum absolute atomic E-state index is 11.8. The van der Waals surface area contributed by atoms with Gasteiger partial charge in [-0.1, -0.05) is 30.3 Å². The molecule has 0 aliphatic heterocycles. The van der Waals surface area contributed by atoms with Crippen LogP contribution in [0.15, 0.2) is 30.3 Å². The number of hydrogen-bond donors (Lipinski definition) is 2. The highest BCUT2D eigenvalue weighted by atomic mass is 16.5. The average molecular weight is 307 g/mol. The van der Waals surface area contributed by atoms with Gasteiger partial charge < -0.3 is 19.9 Å². The van der Waals surface area contributed by atoms with Crippen LogP contribution in [-0.2, 0) is 20.9 Å². The number of benzene rings is 1. The van der Waals surface area contributed by atoms with Gasteiger partial charge in [-0.3, -0.25) is 4.79 Å². The van der Waals surface area contributed by atoms with Crippen LogP contribution in [-0.4, -0.2) is 36.4 Å². The summed E-state index contributed by atoms with van der Waals surface area (Å²) in [5, 5.41) is 11.6. The molecule has 0 saturated heterocycles. The predicted molar refractivity (Wildman–Crippen MR) is 79.3 cm³/mol. The highest BCUT2D eigenvalue weighted by molar-refractivity contribution is 5.71. The lowest BCUT2D eigenvalue weighted by Gasteiger charge is -2.39. The molecule has 2 rings (SSSR count). The van der Waals surface area contributed by atoms with Gasteiger partial charge in [0, 0.05) is 13.2 Å². The molecule has 1 aromatic carbocycles. The summed E-state index contributed by atoms with van der Waals surface area (Å²) in [5.41, 5.74) is 0.885. The van der Waals surface area contributed by atoms with Crippen LogP contribution >= 0.6 is 0 Å². The quantitative estimate of drug-likeness (QED) is 0.806. The van der Waals surface area contributed by atoms with Crippen molar-refractivity contribution >= 4 is 12.1 Å². The lowest BCUT2D eigenvalue weighted by molar-refractivity contribution is -0.138. The van der Waals surface area contributed by atoms with Gasteiger partial charge in [0.1, 0.15) is 6.61 Å². The zero-order valence-corrected chi connectivity index (χ0v) is 12.5. The number of aliphatic carboxylic acids is 1. The third-order valence-corrected chi connectivity index (χ3v) is 3.94. The molecular weight excluding hydrogens is 286 g/mol. The van der Waals surface area contributed by atoms with Crippen LogP contribution in [0.3, 0.4) is 0 Å². The maximum atomic E-state index is 11.8. The van der Waals surface area contributed by atoms with Gasteiger partial charge in [0.15, 0.2) is 0 Å². The lowest BCUT2D eigenvalue weighted by atomic mass is 9.76. The van der Waals surface area contributed by atoms with E-state index < -0.39 is 18.1 Å². The third-order valence-electron chi connectivity index (χ3n) is 3.94. The summed E-state index contributed by atoms with van der Waals surface area (Å²) >= 11 is 0. The Hall–Kier alpha value is -2.08. The SMILES string of the molecule is COC1CC(C(CC(=O)O)NC(=O)OCc2ccccc2)C1. The fourth-order valence-corrected chi connectivity index (χ4v) is 2.57. The van der Waals surface area contributed by atoms with Crippen LogP contribution in [0.5, 0.6) is 0 Å². The topological polar surface area (TPSA) is 84.9 Å². The summed E-state index contributed by atoms with van der Waals surface area (Å²) in [6, 6.07) is 8.91. The zero-order chi connectivity index (χ0) is 15.9. The minimum Gasteiger partial charge on any atom is -0.481 e. The van der Waals surface area contributed by atoms with Crippen molar-refractivity contribution < 1.29 is 24.2 Å². The molecule has 6 nitrogen and oxygen atoms in total. The van der Waals surface area contributed by atoms with E-state index in [-0.39, 0.29) is 25.0 Å². The molecule has 1 atom stereocenters. The molecule has 1 aliphatic rings. The second kappa shape index (κ2) is 7.79. The number of nitrogens with one attached hydrogen (secondary N) is 1. The monoisotopic (exact) mass is 307 g/mol. The van der Waals surface area contributed by atoms with E-state index in [2.05, 4.69) is 5.32 Å². The smallest absolute Gasteiger partial charge is 0.407 e. The third kappa shape index (κ3) is 4.73. The molecule has 0 heterocycles. The van der Waals surface area contributed by atoms with E-state index in [1.807, 2.05) is 30.3 Å². The van der Waals surface area contributed by atoms with Crippen LogP contribution in [0.4, 0.5) is 4.79 Å². The highest BCUT2D eigenvalue weighted by Crippen LogP contribution is 2.33. The van der Waals surface area contributed by atoms with Crippen molar-refractivity contribution in [3.8, 4) is 0 Å². The average Bonchev–Trinajstić information content (AvgIpc) is 2.44. The number of alkyl carbamates (subject to hydrolysis) is 1. The fraction of sp³-hybridized carbons (Fsp3) is 0.500. The number of carboxylic acids is 1. The molecular formula is C16H21NO5. The summed E-state index contributed by atoms with van der Waals surface area (Å²) in [4.78, 5) is 22.8. The largest absolute Gasteiger partial charge is 0.481 e. The number of hydrogen-bond acceptors (Lipinski definition) is 4. The Morgan fingerprint density at radius 2 is 2.00 bits per heavy atom. The van der Waals surface area contributed by atoms with Crippen LogP contribution < -0.4 is 5.32 Å². The van der Waals surface area contributed by atoms with E-state index >= 15 is 0 Å². The van der Waals surface area contributed by atoms with Crippen molar-refractivity contribution in [2.24, 2.45) is 5.92 Å². The molecule has 120 valence electrons. The molecule has 1 aliphatic carbocycles. The molecule has 0 bridgehead atoms. The Labute approximate surface area is 129 Å². The Kier molecular flexibility index (Phi) is 5.77. The molecule has 1 amide bonds. The molecule has 0 spiro atoms. The van der Waals surface area contributed by atoms with Crippen LogP contribution in [0.2, 0.25) is 0 Å². The molecule has 22 heavy (non-hydrogen) atoms. The number of rotatable bonds is 7. The molecule has 1 fully saturated rings. The Balaban J connectivity index is 1.81. The van der Waals surface area contributed by atoms with E-state index in [0.29, 0.717) is 0 Å². The molecule has 0 aromatic heterocycles. The first-order chi connectivity index (χ1) is 10.6. The molecule has 1 saturated carbocycles. The summed E-state index contributed by atoms with van der Waals surface area (Å²) in [5.74, 6) is -0.820. The molecule has 1 aromatic rings. The molecule has 0 radical (unpaired) electrons. The summed E-state index contributed by atoms with van der Waals surface area (Å²) in [6.07, 6.45) is 0.974. The van der Waals surface area contributed by atoms with Gasteiger partial charge in [-0.25, -0.2) is 4.79 Å². The predicted octanol–water partition coefficient (Wildman–Crippen LogP) is 2.18. The van der Waals surface area contributed by atoms with Gasteiger partial charge in [0.05, 0.1) is 12.5 Å². The van der Waals surface area contributed by atoms with Gasteiger partial charge >= 0.3 is 12.1 Å². The number of carbonyl (C=O) groups is 2. The van der Waals surface area contributed by atoms with Gasteiger partial charge in [-0.05, 0) is 24.3 Å². The second-order valence-electron chi connectivity index (χ2n) is 5.50. The van der Waals surface area contributed by atoms with Gasteiger partial charge in [0.25, 0.3) is 0 Å². The Morgan fingerprint density at radius 3 is 2.59 bits per heavy atom. The zero-order valence-electron chi connectivity index (χ0n) is 12.5. The van der Waals surface area contributed by atoms with Crippen molar-refractivity contribution in [1.29, 1.82) is 0 Å². The number of carboxylic acid groups (broad SMARTS) is 1. The minimum atomic E-state index is -0.936.